The standard InChI is InChI=1S/C30H36ClN3O5/c1-4-15-32-26(36)22-23-28(38)34(20(17-35)16-19-10-6-5-7-11-19)25(30(23)14-13-29(22,3)39-30)27(37)33-24-18(2)9-8-12-21(24)31/h5-12,20,22-23,25,35H,4,13-17H2,1-3H3,(H,32,36)(H,33,37)/t20-,22+,23+,25?,29-,30?/m1/s1. The first-order chi connectivity index (χ1) is 18.7. The molecule has 2 unspecified atom stereocenters. The van der Waals surface area contributed by atoms with Crippen LogP contribution in [0.2, 0.25) is 5.02 Å². The number of benzene rings is 2. The van der Waals surface area contributed by atoms with E-state index in [0.717, 1.165) is 17.5 Å². The average Bonchev–Trinajstić information content (AvgIpc) is 3.49. The molecule has 0 radical (unpaired) electrons. The molecule has 8 nitrogen and oxygen atoms in total. The van der Waals surface area contributed by atoms with E-state index in [1.165, 1.54) is 4.90 Å². The van der Waals surface area contributed by atoms with Gasteiger partial charge < -0.3 is 25.4 Å². The van der Waals surface area contributed by atoms with Gasteiger partial charge >= 0.3 is 0 Å². The molecular formula is C30H36ClN3O5. The lowest BCUT2D eigenvalue weighted by atomic mass is 9.66. The Bertz CT molecular complexity index is 1250. The van der Waals surface area contributed by atoms with Gasteiger partial charge in [-0.15, -0.1) is 0 Å². The highest BCUT2D eigenvalue weighted by atomic mass is 35.5. The minimum absolute atomic E-state index is 0.231. The minimum Gasteiger partial charge on any atom is -0.394 e. The summed E-state index contributed by atoms with van der Waals surface area (Å²) < 4.78 is 6.66. The molecule has 9 heteroatoms. The largest absolute Gasteiger partial charge is 0.394 e. The Morgan fingerprint density at radius 1 is 1.15 bits per heavy atom. The fraction of sp³-hybridized carbons (Fsp3) is 0.500. The van der Waals surface area contributed by atoms with Crippen LogP contribution in [0.1, 0.15) is 44.2 Å². The molecule has 0 saturated carbocycles. The molecule has 2 bridgehead atoms. The lowest BCUT2D eigenvalue weighted by molar-refractivity contribution is -0.147. The topological polar surface area (TPSA) is 108 Å². The lowest BCUT2D eigenvalue weighted by Crippen LogP contribution is -2.57. The molecule has 39 heavy (non-hydrogen) atoms. The van der Waals surface area contributed by atoms with Crippen LogP contribution in [0.4, 0.5) is 5.69 Å². The van der Waals surface area contributed by atoms with Crippen molar-refractivity contribution in [2.45, 2.75) is 69.7 Å². The van der Waals surface area contributed by atoms with E-state index in [9.17, 15) is 19.5 Å². The van der Waals surface area contributed by atoms with Gasteiger partial charge in [0, 0.05) is 6.54 Å². The number of hydrogen-bond donors (Lipinski definition) is 3. The van der Waals surface area contributed by atoms with Gasteiger partial charge in [0.2, 0.25) is 17.7 Å². The molecule has 1 spiro atoms. The molecule has 0 aromatic heterocycles. The second-order valence-electron chi connectivity index (χ2n) is 11.2. The van der Waals surface area contributed by atoms with Gasteiger partial charge in [-0.2, -0.15) is 0 Å². The molecule has 0 aliphatic carbocycles. The quantitative estimate of drug-likeness (QED) is 0.441. The van der Waals surface area contributed by atoms with E-state index in [1.54, 1.807) is 12.1 Å². The molecule has 3 aliphatic rings. The number of halogens is 1. The second-order valence-corrected chi connectivity index (χ2v) is 11.6. The van der Waals surface area contributed by atoms with Gasteiger partial charge in [-0.1, -0.05) is 61.0 Å². The number of anilines is 1. The molecule has 3 heterocycles. The van der Waals surface area contributed by atoms with E-state index in [1.807, 2.05) is 57.2 Å². The molecular weight excluding hydrogens is 518 g/mol. The predicted molar refractivity (Wildman–Crippen MR) is 148 cm³/mol. The van der Waals surface area contributed by atoms with Gasteiger partial charge in [0.25, 0.3) is 0 Å². The van der Waals surface area contributed by atoms with Crippen LogP contribution in [0, 0.1) is 18.8 Å². The Hall–Kier alpha value is -2.94. The molecule has 6 atom stereocenters. The summed E-state index contributed by atoms with van der Waals surface area (Å²) in [5.41, 5.74) is 0.121. The monoisotopic (exact) mass is 553 g/mol. The fourth-order valence-corrected chi connectivity index (χ4v) is 7.20. The summed E-state index contributed by atoms with van der Waals surface area (Å²) in [6, 6.07) is 13.2. The van der Waals surface area contributed by atoms with Gasteiger partial charge in [0.15, 0.2) is 0 Å². The Labute approximate surface area is 234 Å². The Morgan fingerprint density at radius 2 is 1.90 bits per heavy atom. The maximum Gasteiger partial charge on any atom is 0.250 e. The van der Waals surface area contributed by atoms with Crippen LogP contribution in [-0.4, -0.2) is 64.2 Å². The van der Waals surface area contributed by atoms with E-state index in [-0.39, 0.29) is 18.4 Å². The van der Waals surface area contributed by atoms with Crippen LogP contribution in [0.3, 0.4) is 0 Å². The van der Waals surface area contributed by atoms with E-state index in [0.29, 0.717) is 36.5 Å². The van der Waals surface area contributed by atoms with Crippen LogP contribution in [0.5, 0.6) is 0 Å². The number of aliphatic hydroxyl groups excluding tert-OH is 1. The number of hydrogen-bond acceptors (Lipinski definition) is 5. The number of carbonyl (C=O) groups excluding carboxylic acids is 3. The molecule has 3 fully saturated rings. The van der Waals surface area contributed by atoms with E-state index >= 15 is 0 Å². The number of para-hydroxylation sites is 1. The second kappa shape index (κ2) is 10.6. The van der Waals surface area contributed by atoms with Crippen molar-refractivity contribution in [3.05, 3.63) is 64.7 Å². The Morgan fingerprint density at radius 3 is 2.56 bits per heavy atom. The van der Waals surface area contributed by atoms with Crippen molar-refractivity contribution >= 4 is 35.0 Å². The first-order valence-electron chi connectivity index (χ1n) is 13.7. The Kier molecular flexibility index (Phi) is 7.48. The molecule has 3 aliphatic heterocycles. The summed E-state index contributed by atoms with van der Waals surface area (Å²) in [6.45, 7) is 5.83. The number of likely N-dealkylation sites (tertiary alicyclic amines) is 1. The van der Waals surface area contributed by atoms with Crippen LogP contribution in [0.25, 0.3) is 0 Å². The zero-order valence-corrected chi connectivity index (χ0v) is 23.3. The highest BCUT2D eigenvalue weighted by molar-refractivity contribution is 6.34. The van der Waals surface area contributed by atoms with Crippen LogP contribution in [-0.2, 0) is 25.5 Å². The van der Waals surface area contributed by atoms with Crippen molar-refractivity contribution in [2.75, 3.05) is 18.5 Å². The van der Waals surface area contributed by atoms with E-state index in [2.05, 4.69) is 10.6 Å². The minimum atomic E-state index is -1.19. The number of nitrogens with one attached hydrogen (secondary N) is 2. The lowest BCUT2D eigenvalue weighted by Gasteiger charge is -2.37. The van der Waals surface area contributed by atoms with E-state index < -0.39 is 41.0 Å². The predicted octanol–water partition coefficient (Wildman–Crippen LogP) is 3.48. The number of ether oxygens (including phenoxy) is 1. The first kappa shape index (κ1) is 27.6. The zero-order valence-electron chi connectivity index (χ0n) is 22.6. The summed E-state index contributed by atoms with van der Waals surface area (Å²) in [5, 5.41) is 16.9. The normalized spacial score (nSPS) is 29.8. The molecule has 3 amide bonds. The zero-order chi connectivity index (χ0) is 27.9. The highest BCUT2D eigenvalue weighted by Gasteiger charge is 2.78. The van der Waals surface area contributed by atoms with Gasteiger partial charge in [0.1, 0.15) is 11.6 Å². The number of nitrogens with zero attached hydrogens (tertiary/aromatic N) is 1. The summed E-state index contributed by atoms with van der Waals surface area (Å²) >= 11 is 6.45. The van der Waals surface area contributed by atoms with Crippen molar-refractivity contribution in [2.24, 2.45) is 11.8 Å². The molecule has 2 aromatic carbocycles. The van der Waals surface area contributed by atoms with Crippen molar-refractivity contribution in [3.63, 3.8) is 0 Å². The molecule has 208 valence electrons. The SMILES string of the molecule is CCCNC(=O)[C@@H]1[C@H]2C(=O)N([C@@H](CO)Cc3ccccc3)C(C(=O)Nc3c(C)cccc3Cl)C23CC[C@@]1(C)O3. The summed E-state index contributed by atoms with van der Waals surface area (Å²) in [6.07, 6.45) is 2.12. The number of rotatable bonds is 9. The third-order valence-corrected chi connectivity index (χ3v) is 9.00. The molecule has 5 rings (SSSR count). The maximum atomic E-state index is 14.3. The van der Waals surface area contributed by atoms with Crippen LogP contribution in [0.15, 0.2) is 48.5 Å². The van der Waals surface area contributed by atoms with Crippen LogP contribution < -0.4 is 10.6 Å². The fourth-order valence-electron chi connectivity index (χ4n) is 6.93. The summed E-state index contributed by atoms with van der Waals surface area (Å²) in [5.74, 6) is -2.57. The van der Waals surface area contributed by atoms with Crippen molar-refractivity contribution < 1.29 is 24.2 Å². The summed E-state index contributed by atoms with van der Waals surface area (Å²) in [7, 11) is 0. The van der Waals surface area contributed by atoms with Crippen molar-refractivity contribution in [1.29, 1.82) is 0 Å². The number of aliphatic hydroxyl groups is 1. The molecule has 3 saturated heterocycles. The van der Waals surface area contributed by atoms with Gasteiger partial charge in [0.05, 0.1) is 40.8 Å². The van der Waals surface area contributed by atoms with Crippen molar-refractivity contribution in [3.8, 4) is 0 Å². The van der Waals surface area contributed by atoms with Gasteiger partial charge in [-0.05, 0) is 56.7 Å². The smallest absolute Gasteiger partial charge is 0.250 e. The average molecular weight is 554 g/mol. The van der Waals surface area contributed by atoms with Crippen LogP contribution >= 0.6 is 11.6 Å². The Balaban J connectivity index is 1.58. The third kappa shape index (κ3) is 4.52. The number of amides is 3. The first-order valence-corrected chi connectivity index (χ1v) is 14.1. The van der Waals surface area contributed by atoms with Crippen molar-refractivity contribution in [1.82, 2.24) is 10.2 Å². The molecule has 2 aromatic rings. The maximum absolute atomic E-state index is 14.3. The summed E-state index contributed by atoms with van der Waals surface area (Å²) in [4.78, 5) is 43.5. The third-order valence-electron chi connectivity index (χ3n) is 8.68. The number of aryl methyl sites for hydroxylation is 1. The number of carbonyl (C=O) groups is 3. The number of fused-ring (bicyclic) bond motifs is 1. The van der Waals surface area contributed by atoms with Gasteiger partial charge in [-0.25, -0.2) is 0 Å². The molecule has 3 N–H and O–H groups in total. The highest BCUT2D eigenvalue weighted by Crippen LogP contribution is 2.63. The van der Waals surface area contributed by atoms with Gasteiger partial charge in [-0.3, -0.25) is 14.4 Å². The van der Waals surface area contributed by atoms with E-state index in [4.69, 9.17) is 16.3 Å².